The number of hydrogen-bond acceptors (Lipinski definition) is 5. The molecule has 0 atom stereocenters. The van der Waals surface area contributed by atoms with Gasteiger partial charge in [-0.05, 0) is 49.6 Å². The number of rotatable bonds is 13. The molecule has 1 heterocycles. The molecule has 0 fully saturated rings. The van der Waals surface area contributed by atoms with Gasteiger partial charge in [0.25, 0.3) is 0 Å². The highest BCUT2D eigenvalue weighted by atomic mass is 32.1. The first-order chi connectivity index (χ1) is 15.4. The van der Waals surface area contributed by atoms with E-state index in [0.717, 1.165) is 23.3 Å². The zero-order valence-electron chi connectivity index (χ0n) is 20.0. The molecule has 2 aromatic rings. The molecule has 6 nitrogen and oxygen atoms in total. The molecule has 1 aromatic heterocycles. The summed E-state index contributed by atoms with van der Waals surface area (Å²) in [6.45, 7) is 7.86. The zero-order valence-corrected chi connectivity index (χ0v) is 20.8. The molecule has 0 unspecified atom stereocenters. The molecule has 0 aliphatic rings. The van der Waals surface area contributed by atoms with Gasteiger partial charge in [0.2, 0.25) is 11.8 Å². The average Bonchev–Trinajstić information content (AvgIpc) is 3.22. The third-order valence-corrected chi connectivity index (χ3v) is 6.36. The van der Waals surface area contributed by atoms with Gasteiger partial charge in [-0.2, -0.15) is 0 Å². The van der Waals surface area contributed by atoms with Gasteiger partial charge in [-0.15, -0.1) is 11.3 Å². The Kier molecular flexibility index (Phi) is 10.5. The van der Waals surface area contributed by atoms with E-state index in [1.54, 1.807) is 30.5 Å². The van der Waals surface area contributed by atoms with Gasteiger partial charge in [0, 0.05) is 29.3 Å². The number of aryl methyl sites for hydroxylation is 1. The molecule has 0 N–H and O–H groups in total. The molecule has 0 radical (unpaired) electrons. The van der Waals surface area contributed by atoms with Crippen molar-refractivity contribution in [2.75, 3.05) is 33.9 Å². The molecule has 0 aliphatic carbocycles. The van der Waals surface area contributed by atoms with Crippen LogP contribution in [0, 0.1) is 6.92 Å². The lowest BCUT2D eigenvalue weighted by atomic mass is 10.1. The number of nitrogens with zero attached hydrogens (tertiary/aromatic N) is 2. The van der Waals surface area contributed by atoms with Crippen LogP contribution in [0.5, 0.6) is 11.5 Å². The average molecular weight is 461 g/mol. The first-order valence-corrected chi connectivity index (χ1v) is 12.0. The number of ether oxygens (including phenoxy) is 2. The van der Waals surface area contributed by atoms with Crippen molar-refractivity contribution in [3.63, 3.8) is 0 Å². The Morgan fingerprint density at radius 2 is 1.69 bits per heavy atom. The summed E-state index contributed by atoms with van der Waals surface area (Å²) in [6, 6.07) is 9.97. The van der Waals surface area contributed by atoms with E-state index in [9.17, 15) is 9.59 Å². The number of carbonyl (C=O) groups excluding carboxylic acids is 2. The van der Waals surface area contributed by atoms with Crippen molar-refractivity contribution in [1.29, 1.82) is 0 Å². The number of thiophene rings is 1. The minimum absolute atomic E-state index is 0.0190. The summed E-state index contributed by atoms with van der Waals surface area (Å²) in [6.07, 6.45) is 2.98. The first kappa shape index (κ1) is 25.7. The van der Waals surface area contributed by atoms with E-state index in [1.165, 1.54) is 4.88 Å². The molecule has 32 heavy (non-hydrogen) atoms. The molecule has 2 amide bonds. The van der Waals surface area contributed by atoms with E-state index in [2.05, 4.69) is 26.0 Å². The number of benzene rings is 1. The monoisotopic (exact) mass is 460 g/mol. The third kappa shape index (κ3) is 7.55. The molecule has 2 rings (SSSR count). The Hall–Kier alpha value is -2.54. The lowest BCUT2D eigenvalue weighted by molar-refractivity contribution is -0.140. The second-order valence-corrected chi connectivity index (χ2v) is 9.16. The normalized spacial score (nSPS) is 10.7. The molecular weight excluding hydrogens is 424 g/mol. The molecular formula is C25H36N2O4S. The van der Waals surface area contributed by atoms with Gasteiger partial charge < -0.3 is 19.3 Å². The van der Waals surface area contributed by atoms with Crippen molar-refractivity contribution < 1.29 is 19.1 Å². The van der Waals surface area contributed by atoms with E-state index in [-0.39, 0.29) is 18.4 Å². The molecule has 0 bridgehead atoms. The molecule has 7 heteroatoms. The van der Waals surface area contributed by atoms with E-state index >= 15 is 0 Å². The lowest BCUT2D eigenvalue weighted by Gasteiger charge is -2.27. The topological polar surface area (TPSA) is 59.1 Å². The highest BCUT2D eigenvalue weighted by molar-refractivity contribution is 7.11. The van der Waals surface area contributed by atoms with Crippen LogP contribution in [0.1, 0.15) is 48.4 Å². The molecule has 1 aromatic carbocycles. The summed E-state index contributed by atoms with van der Waals surface area (Å²) >= 11 is 1.70. The maximum atomic E-state index is 13.3. The maximum absolute atomic E-state index is 13.3. The van der Waals surface area contributed by atoms with Crippen molar-refractivity contribution in [3.05, 3.63) is 45.6 Å². The van der Waals surface area contributed by atoms with E-state index < -0.39 is 0 Å². The van der Waals surface area contributed by atoms with Gasteiger partial charge in [0.15, 0.2) is 11.5 Å². The van der Waals surface area contributed by atoms with Crippen LogP contribution in [0.4, 0.5) is 0 Å². The van der Waals surface area contributed by atoms with E-state index in [4.69, 9.17) is 9.47 Å². The third-order valence-electron chi connectivity index (χ3n) is 5.38. The highest BCUT2D eigenvalue weighted by Gasteiger charge is 2.21. The van der Waals surface area contributed by atoms with E-state index in [1.807, 2.05) is 30.0 Å². The zero-order chi connectivity index (χ0) is 23.5. The maximum Gasteiger partial charge on any atom is 0.242 e. The smallest absolute Gasteiger partial charge is 0.242 e. The van der Waals surface area contributed by atoms with Crippen LogP contribution in [-0.4, -0.2) is 55.5 Å². The van der Waals surface area contributed by atoms with Gasteiger partial charge in [-0.25, -0.2) is 0 Å². The molecule has 0 saturated heterocycles. The van der Waals surface area contributed by atoms with Gasteiger partial charge in [0.1, 0.15) is 0 Å². The molecule has 0 aliphatic heterocycles. The number of amides is 2. The Morgan fingerprint density at radius 3 is 2.28 bits per heavy atom. The minimum Gasteiger partial charge on any atom is -0.493 e. The predicted octanol–water partition coefficient (Wildman–Crippen LogP) is 4.68. The summed E-state index contributed by atoms with van der Waals surface area (Å²) in [5.41, 5.74) is 1.07. The summed E-state index contributed by atoms with van der Waals surface area (Å²) in [4.78, 5) is 31.6. The van der Waals surface area contributed by atoms with Crippen LogP contribution in [0.15, 0.2) is 30.3 Å². The summed E-state index contributed by atoms with van der Waals surface area (Å²) in [5.74, 6) is 1.37. The molecule has 176 valence electrons. The second-order valence-electron chi connectivity index (χ2n) is 7.79. The Balaban J connectivity index is 2.15. The molecule has 0 saturated carbocycles. The fourth-order valence-corrected chi connectivity index (χ4v) is 4.38. The fourth-order valence-electron chi connectivity index (χ4n) is 3.48. The van der Waals surface area contributed by atoms with Gasteiger partial charge in [-0.1, -0.05) is 26.3 Å². The van der Waals surface area contributed by atoms with Crippen molar-refractivity contribution in [1.82, 2.24) is 9.80 Å². The van der Waals surface area contributed by atoms with Gasteiger partial charge in [0.05, 0.1) is 27.3 Å². The quantitative estimate of drug-likeness (QED) is 0.435. The van der Waals surface area contributed by atoms with Crippen LogP contribution in [-0.2, 0) is 22.6 Å². The largest absolute Gasteiger partial charge is 0.493 e. The predicted molar refractivity (Wildman–Crippen MR) is 130 cm³/mol. The summed E-state index contributed by atoms with van der Waals surface area (Å²) < 4.78 is 10.7. The van der Waals surface area contributed by atoms with Crippen molar-refractivity contribution in [3.8, 4) is 11.5 Å². The van der Waals surface area contributed by atoms with Crippen LogP contribution >= 0.6 is 11.3 Å². The van der Waals surface area contributed by atoms with Crippen molar-refractivity contribution in [2.24, 2.45) is 0 Å². The van der Waals surface area contributed by atoms with Crippen LogP contribution in [0.25, 0.3) is 0 Å². The lowest BCUT2D eigenvalue weighted by Crippen LogP contribution is -2.43. The first-order valence-electron chi connectivity index (χ1n) is 11.2. The van der Waals surface area contributed by atoms with Crippen molar-refractivity contribution >= 4 is 23.2 Å². The number of methoxy groups -OCH3 is 2. The Morgan fingerprint density at radius 1 is 0.938 bits per heavy atom. The number of hydrogen-bond donors (Lipinski definition) is 0. The highest BCUT2D eigenvalue weighted by Crippen LogP contribution is 2.28. The Labute approximate surface area is 196 Å². The number of carbonyl (C=O) groups is 2. The molecule has 0 spiro atoms. The Bertz CT molecular complexity index is 881. The summed E-state index contributed by atoms with van der Waals surface area (Å²) in [7, 11) is 3.23. The van der Waals surface area contributed by atoms with E-state index in [0.29, 0.717) is 44.0 Å². The fraction of sp³-hybridized carbons (Fsp3) is 0.520. The minimum atomic E-state index is -0.0190. The van der Waals surface area contributed by atoms with Gasteiger partial charge in [-0.3, -0.25) is 9.59 Å². The van der Waals surface area contributed by atoms with Crippen molar-refractivity contribution in [2.45, 2.75) is 53.0 Å². The second kappa shape index (κ2) is 13.1. The number of unbranched alkanes of at least 4 members (excludes halogenated alkanes) is 1. The van der Waals surface area contributed by atoms with Crippen LogP contribution in [0.2, 0.25) is 0 Å². The van der Waals surface area contributed by atoms with Crippen LogP contribution < -0.4 is 9.47 Å². The standard InChI is InChI=1S/C25H36N2O4S/c1-6-8-14-26(24(28)7-2)18-25(29)27(17-21-11-9-19(3)32-21)15-13-20-10-12-22(30-4)23(16-20)31-5/h9-12,16H,6-8,13-15,17-18H2,1-5H3. The van der Waals surface area contributed by atoms with Gasteiger partial charge >= 0.3 is 0 Å². The SMILES string of the molecule is CCCCN(CC(=O)N(CCc1ccc(OC)c(OC)c1)Cc1ccc(C)s1)C(=O)CC. The summed E-state index contributed by atoms with van der Waals surface area (Å²) in [5, 5.41) is 0. The van der Waals surface area contributed by atoms with Crippen LogP contribution in [0.3, 0.4) is 0 Å².